The second-order valence-corrected chi connectivity index (χ2v) is 5.86. The van der Waals surface area contributed by atoms with Crippen molar-refractivity contribution < 1.29 is 14.6 Å². The molecule has 1 N–H and O–H groups in total. The van der Waals surface area contributed by atoms with E-state index in [0.717, 1.165) is 30.6 Å². The van der Waals surface area contributed by atoms with Crippen LogP contribution in [0.3, 0.4) is 0 Å². The minimum atomic E-state index is -0.114. The van der Waals surface area contributed by atoms with E-state index in [1.807, 2.05) is 6.07 Å². The number of carbonyl (C=O) groups is 1. The van der Waals surface area contributed by atoms with Gasteiger partial charge in [-0.25, -0.2) is 0 Å². The number of phenols is 1. The van der Waals surface area contributed by atoms with E-state index in [-0.39, 0.29) is 11.5 Å². The van der Waals surface area contributed by atoms with Crippen molar-refractivity contribution in [3.63, 3.8) is 0 Å². The monoisotopic (exact) mass is 306 g/mol. The molecule has 0 bridgehead atoms. The second kappa shape index (κ2) is 10.3. The third kappa shape index (κ3) is 5.70. The lowest BCUT2D eigenvalue weighted by Gasteiger charge is -2.14. The summed E-state index contributed by atoms with van der Waals surface area (Å²) in [5, 5.41) is 10.3. The SMILES string of the molecule is CCCCCCCCOc1ccc(C(C)=O)c(O)c1CCC. The van der Waals surface area contributed by atoms with E-state index in [4.69, 9.17) is 4.74 Å². The number of carbonyl (C=O) groups excluding carboxylic acids is 1. The highest BCUT2D eigenvalue weighted by Crippen LogP contribution is 2.33. The molecule has 1 aromatic carbocycles. The zero-order chi connectivity index (χ0) is 16.4. The molecule has 124 valence electrons. The van der Waals surface area contributed by atoms with Gasteiger partial charge in [0.05, 0.1) is 12.2 Å². The van der Waals surface area contributed by atoms with Crippen molar-refractivity contribution in [2.24, 2.45) is 0 Å². The molecular weight excluding hydrogens is 276 g/mol. The molecule has 22 heavy (non-hydrogen) atoms. The smallest absolute Gasteiger partial charge is 0.163 e. The number of ether oxygens (including phenoxy) is 1. The molecule has 3 heteroatoms. The van der Waals surface area contributed by atoms with Gasteiger partial charge in [-0.1, -0.05) is 52.4 Å². The Labute approximate surface area is 134 Å². The van der Waals surface area contributed by atoms with Crippen molar-refractivity contribution in [3.05, 3.63) is 23.3 Å². The average molecular weight is 306 g/mol. The standard InChI is InChI=1S/C19H30O3/c1-4-6-7-8-9-10-14-22-18-13-12-16(15(3)20)19(21)17(18)11-5-2/h12-13,21H,4-11,14H2,1-3H3. The van der Waals surface area contributed by atoms with Crippen molar-refractivity contribution in [1.29, 1.82) is 0 Å². The van der Waals surface area contributed by atoms with Crippen molar-refractivity contribution in [2.75, 3.05) is 6.61 Å². The van der Waals surface area contributed by atoms with E-state index >= 15 is 0 Å². The number of hydrogen-bond donors (Lipinski definition) is 1. The Bertz CT molecular complexity index is 466. The van der Waals surface area contributed by atoms with Crippen molar-refractivity contribution >= 4 is 5.78 Å². The summed E-state index contributed by atoms with van der Waals surface area (Å²) in [6.07, 6.45) is 8.96. The van der Waals surface area contributed by atoms with Gasteiger partial charge in [0, 0.05) is 5.56 Å². The lowest BCUT2D eigenvalue weighted by atomic mass is 10.0. The van der Waals surface area contributed by atoms with Crippen LogP contribution in [0.4, 0.5) is 0 Å². The Kier molecular flexibility index (Phi) is 8.64. The molecule has 3 nitrogen and oxygen atoms in total. The molecule has 0 spiro atoms. The molecule has 0 aliphatic rings. The maximum absolute atomic E-state index is 11.5. The van der Waals surface area contributed by atoms with Gasteiger partial charge in [0.15, 0.2) is 5.78 Å². The summed E-state index contributed by atoms with van der Waals surface area (Å²) in [4.78, 5) is 11.5. The van der Waals surface area contributed by atoms with Gasteiger partial charge in [0.25, 0.3) is 0 Å². The van der Waals surface area contributed by atoms with Crippen molar-refractivity contribution in [2.45, 2.75) is 72.1 Å². The number of unbranched alkanes of at least 4 members (excludes halogenated alkanes) is 5. The second-order valence-electron chi connectivity index (χ2n) is 5.86. The van der Waals surface area contributed by atoms with Crippen LogP contribution in [0.5, 0.6) is 11.5 Å². The summed E-state index contributed by atoms with van der Waals surface area (Å²) in [7, 11) is 0. The molecular formula is C19H30O3. The van der Waals surface area contributed by atoms with E-state index < -0.39 is 0 Å². The quantitative estimate of drug-likeness (QED) is 0.446. The molecule has 0 saturated carbocycles. The summed E-state index contributed by atoms with van der Waals surface area (Å²) >= 11 is 0. The van der Waals surface area contributed by atoms with Gasteiger partial charge in [-0.05, 0) is 31.9 Å². The Hall–Kier alpha value is -1.51. The highest BCUT2D eigenvalue weighted by molar-refractivity contribution is 5.97. The number of hydrogen-bond acceptors (Lipinski definition) is 3. The maximum Gasteiger partial charge on any atom is 0.163 e. The minimum absolute atomic E-state index is 0.0924. The lowest BCUT2D eigenvalue weighted by molar-refractivity contribution is 0.101. The van der Waals surface area contributed by atoms with Gasteiger partial charge in [0.1, 0.15) is 11.5 Å². The Morgan fingerprint density at radius 3 is 2.36 bits per heavy atom. The molecule has 0 unspecified atom stereocenters. The number of benzene rings is 1. The molecule has 0 atom stereocenters. The van der Waals surface area contributed by atoms with Crippen LogP contribution in [0.1, 0.15) is 81.6 Å². The van der Waals surface area contributed by atoms with Crippen LogP contribution >= 0.6 is 0 Å². The summed E-state index contributed by atoms with van der Waals surface area (Å²) in [6.45, 7) is 6.41. The highest BCUT2D eigenvalue weighted by atomic mass is 16.5. The average Bonchev–Trinajstić information content (AvgIpc) is 2.49. The largest absolute Gasteiger partial charge is 0.507 e. The Balaban J connectivity index is 2.58. The van der Waals surface area contributed by atoms with Crippen LogP contribution in [0.25, 0.3) is 0 Å². The number of Topliss-reactive ketones (excluding diaryl/α,β-unsaturated/α-hetero) is 1. The third-order valence-electron chi connectivity index (χ3n) is 3.87. The molecule has 0 radical (unpaired) electrons. The van der Waals surface area contributed by atoms with Gasteiger partial charge < -0.3 is 9.84 Å². The van der Waals surface area contributed by atoms with Crippen LogP contribution < -0.4 is 4.74 Å². The fourth-order valence-electron chi connectivity index (χ4n) is 2.59. The predicted molar refractivity (Wildman–Crippen MR) is 91.0 cm³/mol. The van der Waals surface area contributed by atoms with Gasteiger partial charge >= 0.3 is 0 Å². The van der Waals surface area contributed by atoms with E-state index in [1.165, 1.54) is 39.0 Å². The number of ketones is 1. The Morgan fingerprint density at radius 2 is 1.73 bits per heavy atom. The van der Waals surface area contributed by atoms with Crippen LogP contribution in [-0.2, 0) is 6.42 Å². The van der Waals surface area contributed by atoms with Gasteiger partial charge in [-0.3, -0.25) is 4.79 Å². The molecule has 0 saturated heterocycles. The molecule has 1 rings (SSSR count). The molecule has 0 aliphatic carbocycles. The van der Waals surface area contributed by atoms with E-state index in [9.17, 15) is 9.90 Å². The van der Waals surface area contributed by atoms with E-state index in [0.29, 0.717) is 12.2 Å². The minimum Gasteiger partial charge on any atom is -0.507 e. The fraction of sp³-hybridized carbons (Fsp3) is 0.632. The predicted octanol–water partition coefficient (Wildman–Crippen LogP) is 5.29. The van der Waals surface area contributed by atoms with Gasteiger partial charge in [-0.15, -0.1) is 0 Å². The normalized spacial score (nSPS) is 10.7. The molecule has 0 amide bonds. The molecule has 0 fully saturated rings. The highest BCUT2D eigenvalue weighted by Gasteiger charge is 2.15. The number of phenolic OH excluding ortho intramolecular Hbond substituents is 1. The van der Waals surface area contributed by atoms with E-state index in [2.05, 4.69) is 13.8 Å². The van der Waals surface area contributed by atoms with Gasteiger partial charge in [-0.2, -0.15) is 0 Å². The Morgan fingerprint density at radius 1 is 1.05 bits per heavy atom. The number of aromatic hydroxyl groups is 1. The van der Waals surface area contributed by atoms with Crippen molar-refractivity contribution in [1.82, 2.24) is 0 Å². The topological polar surface area (TPSA) is 46.5 Å². The first-order chi connectivity index (χ1) is 10.6. The summed E-state index contributed by atoms with van der Waals surface area (Å²) in [5.41, 5.74) is 1.15. The summed E-state index contributed by atoms with van der Waals surface area (Å²) in [6, 6.07) is 3.48. The maximum atomic E-state index is 11.5. The number of rotatable bonds is 11. The first kappa shape index (κ1) is 18.5. The first-order valence-electron chi connectivity index (χ1n) is 8.60. The molecule has 0 heterocycles. The molecule has 0 aliphatic heterocycles. The summed E-state index contributed by atoms with van der Waals surface area (Å²) < 4.78 is 5.84. The zero-order valence-electron chi connectivity index (χ0n) is 14.3. The third-order valence-corrected chi connectivity index (χ3v) is 3.87. The molecule has 0 aromatic heterocycles. The van der Waals surface area contributed by atoms with Gasteiger partial charge in [0.2, 0.25) is 0 Å². The van der Waals surface area contributed by atoms with Crippen molar-refractivity contribution in [3.8, 4) is 11.5 Å². The van der Waals surface area contributed by atoms with Crippen LogP contribution in [-0.4, -0.2) is 17.5 Å². The fourth-order valence-corrected chi connectivity index (χ4v) is 2.59. The van der Waals surface area contributed by atoms with Crippen LogP contribution in [0.15, 0.2) is 12.1 Å². The summed E-state index contributed by atoms with van der Waals surface area (Å²) in [5.74, 6) is 0.699. The zero-order valence-corrected chi connectivity index (χ0v) is 14.3. The van der Waals surface area contributed by atoms with E-state index in [1.54, 1.807) is 6.07 Å². The first-order valence-corrected chi connectivity index (χ1v) is 8.60. The molecule has 1 aromatic rings. The van der Waals surface area contributed by atoms with Crippen LogP contribution in [0.2, 0.25) is 0 Å². The van der Waals surface area contributed by atoms with Crippen LogP contribution in [0, 0.1) is 0 Å². The lowest BCUT2D eigenvalue weighted by Crippen LogP contribution is -2.03.